The van der Waals surface area contributed by atoms with Crippen LogP contribution >= 0.6 is 11.8 Å². The third kappa shape index (κ3) is 3.55. The van der Waals surface area contributed by atoms with Crippen molar-refractivity contribution in [3.63, 3.8) is 0 Å². The van der Waals surface area contributed by atoms with E-state index >= 15 is 0 Å². The highest BCUT2D eigenvalue weighted by Crippen LogP contribution is 2.31. The zero-order chi connectivity index (χ0) is 19.7. The van der Waals surface area contributed by atoms with E-state index in [1.807, 2.05) is 25.1 Å². The summed E-state index contributed by atoms with van der Waals surface area (Å²) < 4.78 is 5.65. The van der Waals surface area contributed by atoms with Crippen molar-refractivity contribution in [2.45, 2.75) is 30.7 Å². The highest BCUT2D eigenvalue weighted by atomic mass is 32.2. The van der Waals surface area contributed by atoms with Crippen molar-refractivity contribution in [3.8, 4) is 11.5 Å². The van der Waals surface area contributed by atoms with E-state index < -0.39 is 0 Å². The number of aromatic nitrogens is 3. The van der Waals surface area contributed by atoms with Crippen molar-refractivity contribution in [1.29, 1.82) is 0 Å². The molecule has 0 radical (unpaired) electrons. The van der Waals surface area contributed by atoms with Crippen molar-refractivity contribution >= 4 is 29.1 Å². The van der Waals surface area contributed by atoms with Crippen LogP contribution in [0, 0.1) is 0 Å². The fourth-order valence-electron chi connectivity index (χ4n) is 3.18. The molecule has 3 heterocycles. The van der Waals surface area contributed by atoms with Gasteiger partial charge in [-0.15, -0.1) is 10.2 Å². The number of carbonyl (C=O) groups is 2. The smallest absolute Gasteiger partial charge is 0.277 e. The standard InChI is InChI=1S/C20H18N4O3S/c1-12(28-20-23-22-19(27-20)16-4-3-8-21-11-16)18(26)15-5-6-17-14(10-15)7-9-24(17)13(2)25/h3-6,8,10-12H,7,9H2,1-2H3. The highest BCUT2D eigenvalue weighted by Gasteiger charge is 2.25. The molecule has 0 saturated heterocycles. The van der Waals surface area contributed by atoms with E-state index in [4.69, 9.17) is 4.42 Å². The lowest BCUT2D eigenvalue weighted by Gasteiger charge is -2.15. The van der Waals surface area contributed by atoms with Crippen LogP contribution in [0.1, 0.15) is 29.8 Å². The van der Waals surface area contributed by atoms with Gasteiger partial charge in [-0.1, -0.05) is 11.8 Å². The second kappa shape index (κ2) is 7.55. The molecule has 1 aliphatic heterocycles. The van der Waals surface area contributed by atoms with Crippen molar-refractivity contribution in [2.75, 3.05) is 11.4 Å². The lowest BCUT2D eigenvalue weighted by molar-refractivity contribution is -0.116. The summed E-state index contributed by atoms with van der Waals surface area (Å²) in [6.45, 7) is 4.03. The molecule has 0 fully saturated rings. The summed E-state index contributed by atoms with van der Waals surface area (Å²) in [4.78, 5) is 30.3. The van der Waals surface area contributed by atoms with E-state index in [-0.39, 0.29) is 16.9 Å². The van der Waals surface area contributed by atoms with Gasteiger partial charge < -0.3 is 9.32 Å². The molecule has 142 valence electrons. The summed E-state index contributed by atoms with van der Waals surface area (Å²) in [6.07, 6.45) is 4.07. The van der Waals surface area contributed by atoms with Gasteiger partial charge in [0.1, 0.15) is 0 Å². The SMILES string of the molecule is CC(=O)N1CCc2cc(C(=O)C(C)Sc3nnc(-c4cccnc4)o3)ccc21. The molecule has 3 aromatic rings. The Morgan fingerprint density at radius 2 is 2.11 bits per heavy atom. The predicted molar refractivity (Wildman–Crippen MR) is 105 cm³/mol. The van der Waals surface area contributed by atoms with Gasteiger partial charge in [-0.3, -0.25) is 14.6 Å². The zero-order valence-electron chi connectivity index (χ0n) is 15.5. The Morgan fingerprint density at radius 3 is 2.86 bits per heavy atom. The van der Waals surface area contributed by atoms with Crippen LogP contribution in [-0.2, 0) is 11.2 Å². The average molecular weight is 394 g/mol. The molecule has 1 aliphatic rings. The van der Waals surface area contributed by atoms with Gasteiger partial charge in [0.15, 0.2) is 5.78 Å². The number of pyridine rings is 1. The van der Waals surface area contributed by atoms with Crippen LogP contribution in [0.3, 0.4) is 0 Å². The number of hydrogen-bond donors (Lipinski definition) is 0. The Bertz CT molecular complexity index is 1030. The number of nitrogens with zero attached hydrogens (tertiary/aromatic N) is 4. The summed E-state index contributed by atoms with van der Waals surface area (Å²) in [7, 11) is 0. The maximum absolute atomic E-state index is 12.8. The van der Waals surface area contributed by atoms with Gasteiger partial charge in [0, 0.05) is 37.1 Å². The first-order valence-corrected chi connectivity index (χ1v) is 9.76. The number of benzene rings is 1. The second-order valence-corrected chi connectivity index (χ2v) is 7.80. The maximum Gasteiger partial charge on any atom is 0.277 e. The molecular weight excluding hydrogens is 376 g/mol. The number of amides is 1. The molecule has 0 aliphatic carbocycles. The largest absolute Gasteiger partial charge is 0.411 e. The number of fused-ring (bicyclic) bond motifs is 1. The minimum atomic E-state index is -0.384. The van der Waals surface area contributed by atoms with Gasteiger partial charge >= 0.3 is 0 Å². The van der Waals surface area contributed by atoms with Crippen molar-refractivity contribution < 1.29 is 14.0 Å². The molecular formula is C20H18N4O3S. The number of Topliss-reactive ketones (excluding diaryl/α,β-unsaturated/α-hetero) is 1. The second-order valence-electron chi connectivity index (χ2n) is 6.50. The molecule has 0 spiro atoms. The van der Waals surface area contributed by atoms with Gasteiger partial charge in [-0.05, 0) is 49.2 Å². The average Bonchev–Trinajstić information content (AvgIpc) is 3.34. The zero-order valence-corrected chi connectivity index (χ0v) is 16.3. The van der Waals surface area contributed by atoms with Crippen LogP contribution in [-0.4, -0.2) is 38.7 Å². The Hall–Kier alpha value is -3.00. The number of hydrogen-bond acceptors (Lipinski definition) is 7. The van der Waals surface area contributed by atoms with E-state index in [9.17, 15) is 9.59 Å². The van der Waals surface area contributed by atoms with Crippen LogP contribution < -0.4 is 4.90 Å². The van der Waals surface area contributed by atoms with Gasteiger partial charge in [-0.2, -0.15) is 0 Å². The minimum absolute atomic E-state index is 0.0163. The third-order valence-electron chi connectivity index (χ3n) is 4.60. The van der Waals surface area contributed by atoms with Crippen molar-refractivity contribution in [1.82, 2.24) is 15.2 Å². The number of ketones is 1. The van der Waals surface area contributed by atoms with E-state index in [1.54, 1.807) is 36.4 Å². The first-order chi connectivity index (χ1) is 13.5. The van der Waals surface area contributed by atoms with E-state index in [1.165, 1.54) is 11.8 Å². The Morgan fingerprint density at radius 1 is 1.25 bits per heavy atom. The van der Waals surface area contributed by atoms with Crippen LogP contribution in [0.4, 0.5) is 5.69 Å². The first-order valence-electron chi connectivity index (χ1n) is 8.89. The molecule has 1 atom stereocenters. The van der Waals surface area contributed by atoms with Gasteiger partial charge in [0.05, 0.1) is 10.8 Å². The molecule has 0 saturated carbocycles. The maximum atomic E-state index is 12.8. The summed E-state index contributed by atoms with van der Waals surface area (Å²) in [5.74, 6) is 0.370. The van der Waals surface area contributed by atoms with E-state index in [2.05, 4.69) is 15.2 Å². The van der Waals surface area contributed by atoms with Gasteiger partial charge in [0.2, 0.25) is 11.8 Å². The van der Waals surface area contributed by atoms with Crippen molar-refractivity contribution in [3.05, 3.63) is 53.9 Å². The molecule has 4 rings (SSSR count). The molecule has 0 bridgehead atoms. The Balaban J connectivity index is 1.47. The molecule has 1 amide bonds. The molecule has 0 N–H and O–H groups in total. The predicted octanol–water partition coefficient (Wildman–Crippen LogP) is 3.40. The fraction of sp³-hybridized carbons (Fsp3) is 0.250. The fourth-order valence-corrected chi connectivity index (χ4v) is 3.95. The number of carbonyl (C=O) groups excluding carboxylic acids is 2. The molecule has 2 aromatic heterocycles. The Kier molecular flexibility index (Phi) is 4.95. The quantitative estimate of drug-likeness (QED) is 0.484. The normalized spacial score (nSPS) is 14.0. The van der Waals surface area contributed by atoms with Crippen LogP contribution in [0.5, 0.6) is 0 Å². The van der Waals surface area contributed by atoms with Gasteiger partial charge in [0.25, 0.3) is 5.22 Å². The molecule has 28 heavy (non-hydrogen) atoms. The summed E-state index contributed by atoms with van der Waals surface area (Å²) >= 11 is 1.23. The summed E-state index contributed by atoms with van der Waals surface area (Å²) in [6, 6.07) is 9.13. The number of thioether (sulfide) groups is 1. The summed E-state index contributed by atoms with van der Waals surface area (Å²) in [5, 5.41) is 7.99. The van der Waals surface area contributed by atoms with E-state index in [0.29, 0.717) is 23.2 Å². The number of anilines is 1. The monoisotopic (exact) mass is 394 g/mol. The molecule has 7 nitrogen and oxygen atoms in total. The minimum Gasteiger partial charge on any atom is -0.411 e. The first kappa shape index (κ1) is 18.4. The van der Waals surface area contributed by atoms with Gasteiger partial charge in [-0.25, -0.2) is 0 Å². The highest BCUT2D eigenvalue weighted by molar-refractivity contribution is 8.00. The summed E-state index contributed by atoms with van der Waals surface area (Å²) in [5.41, 5.74) is 3.27. The lowest BCUT2D eigenvalue weighted by atomic mass is 10.0. The van der Waals surface area contributed by atoms with Crippen LogP contribution in [0.2, 0.25) is 0 Å². The topological polar surface area (TPSA) is 89.2 Å². The Labute approximate surface area is 166 Å². The molecule has 1 aromatic carbocycles. The van der Waals surface area contributed by atoms with Crippen molar-refractivity contribution in [2.24, 2.45) is 0 Å². The molecule has 1 unspecified atom stereocenters. The lowest BCUT2D eigenvalue weighted by Crippen LogP contribution is -2.25. The van der Waals surface area contributed by atoms with Crippen LogP contribution in [0.25, 0.3) is 11.5 Å². The van der Waals surface area contributed by atoms with E-state index in [0.717, 1.165) is 23.2 Å². The third-order valence-corrected chi connectivity index (χ3v) is 5.54. The van der Waals surface area contributed by atoms with Crippen LogP contribution in [0.15, 0.2) is 52.4 Å². The molecule has 8 heteroatoms. The number of rotatable bonds is 5.